The Balaban J connectivity index is 1.37. The number of para-hydroxylation sites is 2. The maximum atomic E-state index is 12.6. The molecule has 3 aromatic rings. The van der Waals surface area contributed by atoms with Crippen molar-refractivity contribution in [2.75, 3.05) is 18.0 Å². The average molecular weight is 394 g/mol. The smallest absolute Gasteiger partial charge is 0.227 e. The predicted molar refractivity (Wildman–Crippen MR) is 110 cm³/mol. The number of rotatable bonds is 5. The van der Waals surface area contributed by atoms with E-state index in [0.29, 0.717) is 30.2 Å². The lowest BCUT2D eigenvalue weighted by Gasteiger charge is -2.18. The number of halogens is 1. The van der Waals surface area contributed by atoms with E-state index < -0.39 is 0 Å². The van der Waals surface area contributed by atoms with Crippen LogP contribution < -0.4 is 10.2 Å². The van der Waals surface area contributed by atoms with E-state index in [-0.39, 0.29) is 24.2 Å². The van der Waals surface area contributed by atoms with Crippen molar-refractivity contribution < 1.29 is 9.59 Å². The first-order valence-corrected chi connectivity index (χ1v) is 9.66. The molecular formula is C22H20ClN3O2. The number of hydrogen-bond donors (Lipinski definition) is 1. The topological polar surface area (TPSA) is 62.3 Å². The molecule has 2 heterocycles. The van der Waals surface area contributed by atoms with Gasteiger partial charge in [-0.1, -0.05) is 48.0 Å². The molecule has 1 atom stereocenters. The van der Waals surface area contributed by atoms with Crippen molar-refractivity contribution in [2.24, 2.45) is 5.92 Å². The molecule has 4 rings (SSSR count). The van der Waals surface area contributed by atoms with Crippen molar-refractivity contribution in [1.82, 2.24) is 10.3 Å². The zero-order valence-electron chi connectivity index (χ0n) is 15.3. The Labute approximate surface area is 168 Å². The monoisotopic (exact) mass is 393 g/mol. The van der Waals surface area contributed by atoms with Gasteiger partial charge in [-0.05, 0) is 30.2 Å². The number of aromatic nitrogens is 1. The van der Waals surface area contributed by atoms with E-state index in [1.165, 1.54) is 0 Å². The second-order valence-electron chi connectivity index (χ2n) is 6.89. The summed E-state index contributed by atoms with van der Waals surface area (Å²) in [6, 6.07) is 17.2. The third-order valence-corrected chi connectivity index (χ3v) is 5.37. The van der Waals surface area contributed by atoms with E-state index in [4.69, 9.17) is 11.6 Å². The highest BCUT2D eigenvalue weighted by Crippen LogP contribution is 2.31. The van der Waals surface area contributed by atoms with Crippen molar-refractivity contribution in [3.8, 4) is 0 Å². The minimum absolute atomic E-state index is 0.0773. The summed E-state index contributed by atoms with van der Waals surface area (Å²) in [4.78, 5) is 31.0. The number of carbonyl (C=O) groups excluding carboxylic acids is 2. The van der Waals surface area contributed by atoms with Crippen LogP contribution in [0.1, 0.15) is 12.0 Å². The van der Waals surface area contributed by atoms with Gasteiger partial charge in [0.2, 0.25) is 11.8 Å². The second kappa shape index (κ2) is 7.98. The predicted octanol–water partition coefficient (Wildman–Crippen LogP) is 3.60. The first-order valence-electron chi connectivity index (χ1n) is 9.29. The maximum absolute atomic E-state index is 12.6. The molecule has 0 saturated carbocycles. The molecule has 0 radical (unpaired) electrons. The summed E-state index contributed by atoms with van der Waals surface area (Å²) in [5.74, 6) is -0.544. The molecule has 5 nitrogen and oxygen atoms in total. The first kappa shape index (κ1) is 18.4. The average Bonchev–Trinajstić information content (AvgIpc) is 3.10. The molecule has 2 amide bonds. The minimum atomic E-state index is -0.366. The Kier molecular flexibility index (Phi) is 5.26. The van der Waals surface area contributed by atoms with Gasteiger partial charge in [0, 0.05) is 31.1 Å². The zero-order valence-corrected chi connectivity index (χ0v) is 16.0. The molecule has 2 aromatic carbocycles. The second-order valence-corrected chi connectivity index (χ2v) is 7.30. The molecule has 0 aliphatic carbocycles. The first-order chi connectivity index (χ1) is 13.6. The highest BCUT2D eigenvalue weighted by atomic mass is 35.5. The van der Waals surface area contributed by atoms with Crippen LogP contribution in [-0.2, 0) is 16.0 Å². The Morgan fingerprint density at radius 2 is 1.96 bits per heavy atom. The highest BCUT2D eigenvalue weighted by Gasteiger charge is 2.35. The number of benzene rings is 2. The molecule has 1 aliphatic heterocycles. The van der Waals surface area contributed by atoms with E-state index in [1.807, 2.05) is 42.5 Å². The molecular weight excluding hydrogens is 374 g/mol. The Bertz CT molecular complexity index is 1030. The molecule has 28 heavy (non-hydrogen) atoms. The molecule has 0 bridgehead atoms. The van der Waals surface area contributed by atoms with Crippen LogP contribution in [0.2, 0.25) is 5.02 Å². The molecule has 1 saturated heterocycles. The van der Waals surface area contributed by atoms with Crippen LogP contribution >= 0.6 is 11.6 Å². The number of fused-ring (bicyclic) bond motifs is 1. The Morgan fingerprint density at radius 3 is 2.82 bits per heavy atom. The number of amides is 2. The Hall–Kier alpha value is -2.92. The van der Waals surface area contributed by atoms with Crippen LogP contribution in [0.15, 0.2) is 60.8 Å². The Morgan fingerprint density at radius 1 is 1.14 bits per heavy atom. The van der Waals surface area contributed by atoms with Crippen molar-refractivity contribution in [3.05, 3.63) is 71.4 Å². The lowest BCUT2D eigenvalue weighted by atomic mass is 10.1. The fraction of sp³-hybridized carbons (Fsp3) is 0.227. The van der Waals surface area contributed by atoms with E-state index in [9.17, 15) is 9.59 Å². The quantitative estimate of drug-likeness (QED) is 0.720. The summed E-state index contributed by atoms with van der Waals surface area (Å²) in [5, 5.41) is 4.57. The van der Waals surface area contributed by atoms with Gasteiger partial charge in [0.25, 0.3) is 0 Å². The van der Waals surface area contributed by atoms with Gasteiger partial charge in [-0.3, -0.25) is 14.6 Å². The van der Waals surface area contributed by atoms with Crippen LogP contribution in [0, 0.1) is 5.92 Å². The lowest BCUT2D eigenvalue weighted by molar-refractivity contribution is -0.126. The van der Waals surface area contributed by atoms with Gasteiger partial charge < -0.3 is 10.2 Å². The van der Waals surface area contributed by atoms with Crippen molar-refractivity contribution in [2.45, 2.75) is 12.8 Å². The van der Waals surface area contributed by atoms with Gasteiger partial charge >= 0.3 is 0 Å². The number of carbonyl (C=O) groups is 2. The summed E-state index contributed by atoms with van der Waals surface area (Å²) in [6.45, 7) is 0.857. The van der Waals surface area contributed by atoms with E-state index in [1.54, 1.807) is 23.2 Å². The number of pyridine rings is 1. The fourth-order valence-electron chi connectivity index (χ4n) is 3.62. The van der Waals surface area contributed by atoms with Crippen molar-refractivity contribution >= 4 is 40.0 Å². The fourth-order valence-corrected chi connectivity index (χ4v) is 3.86. The number of nitrogens with one attached hydrogen (secondary N) is 1. The summed E-state index contributed by atoms with van der Waals surface area (Å²) < 4.78 is 0. The van der Waals surface area contributed by atoms with Crippen molar-refractivity contribution in [3.63, 3.8) is 0 Å². The molecule has 1 aliphatic rings. The lowest BCUT2D eigenvalue weighted by Crippen LogP contribution is -2.34. The van der Waals surface area contributed by atoms with E-state index >= 15 is 0 Å². The summed E-state index contributed by atoms with van der Waals surface area (Å²) in [6.07, 6.45) is 2.67. The molecule has 0 spiro atoms. The zero-order chi connectivity index (χ0) is 19.5. The standard InChI is InChI=1S/C22H20ClN3O2/c23-18-8-1-2-9-19(18)26-14-17(13-20(26)27)22(28)25-12-10-16-6-3-5-15-7-4-11-24-21(15)16/h1-9,11,17H,10,12-14H2,(H,25,28)/t17-/m0/s1. The largest absolute Gasteiger partial charge is 0.355 e. The van der Waals surface area contributed by atoms with Crippen LogP contribution in [0.5, 0.6) is 0 Å². The molecule has 1 aromatic heterocycles. The molecule has 1 N–H and O–H groups in total. The maximum Gasteiger partial charge on any atom is 0.227 e. The highest BCUT2D eigenvalue weighted by molar-refractivity contribution is 6.33. The number of nitrogens with zero attached hydrogens (tertiary/aromatic N) is 2. The summed E-state index contributed by atoms with van der Waals surface area (Å²) in [7, 11) is 0. The van der Waals surface area contributed by atoms with Gasteiger partial charge in [-0.15, -0.1) is 0 Å². The molecule has 6 heteroatoms. The molecule has 142 valence electrons. The number of hydrogen-bond acceptors (Lipinski definition) is 3. The van der Waals surface area contributed by atoms with Crippen LogP contribution in [0.3, 0.4) is 0 Å². The van der Waals surface area contributed by atoms with Crippen LogP contribution in [-0.4, -0.2) is 29.9 Å². The summed E-state index contributed by atoms with van der Waals surface area (Å²) >= 11 is 6.20. The van der Waals surface area contributed by atoms with Gasteiger partial charge in [-0.2, -0.15) is 0 Å². The van der Waals surface area contributed by atoms with Gasteiger partial charge in [0.05, 0.1) is 22.1 Å². The van der Waals surface area contributed by atoms with E-state index in [0.717, 1.165) is 16.5 Å². The van der Waals surface area contributed by atoms with Gasteiger partial charge in [0.15, 0.2) is 0 Å². The normalized spacial score (nSPS) is 16.5. The third kappa shape index (κ3) is 3.71. The van der Waals surface area contributed by atoms with Gasteiger partial charge in [-0.25, -0.2) is 0 Å². The van der Waals surface area contributed by atoms with Crippen LogP contribution in [0.25, 0.3) is 10.9 Å². The van der Waals surface area contributed by atoms with Crippen LogP contribution in [0.4, 0.5) is 5.69 Å². The van der Waals surface area contributed by atoms with E-state index in [2.05, 4.69) is 10.3 Å². The van der Waals surface area contributed by atoms with Gasteiger partial charge in [0.1, 0.15) is 0 Å². The van der Waals surface area contributed by atoms with Crippen molar-refractivity contribution in [1.29, 1.82) is 0 Å². The molecule has 0 unspecified atom stereocenters. The minimum Gasteiger partial charge on any atom is -0.355 e. The SMILES string of the molecule is O=C(NCCc1cccc2cccnc12)[C@H]1CC(=O)N(c2ccccc2Cl)C1. The summed E-state index contributed by atoms with van der Waals surface area (Å²) in [5.41, 5.74) is 2.71. The number of anilines is 1. The molecule has 1 fully saturated rings. The third-order valence-electron chi connectivity index (χ3n) is 5.05.